The predicted octanol–water partition coefficient (Wildman–Crippen LogP) is 2.37. The van der Waals surface area contributed by atoms with E-state index in [0.717, 1.165) is 37.8 Å². The zero-order chi connectivity index (χ0) is 13.1. The minimum atomic E-state index is 0.252. The monoisotopic (exact) mass is 259 g/mol. The number of benzene rings is 1. The van der Waals surface area contributed by atoms with Crippen LogP contribution in [0.1, 0.15) is 29.6 Å². The summed E-state index contributed by atoms with van der Waals surface area (Å²) < 4.78 is 5.58. The summed E-state index contributed by atoms with van der Waals surface area (Å²) in [4.78, 5) is 14.6. The van der Waals surface area contributed by atoms with Gasteiger partial charge in [0.25, 0.3) is 0 Å². The molecule has 0 amide bonds. The summed E-state index contributed by atoms with van der Waals surface area (Å²) in [6.45, 7) is 3.51. The summed E-state index contributed by atoms with van der Waals surface area (Å²) in [7, 11) is 0. The predicted molar refractivity (Wildman–Crippen MR) is 74.3 cm³/mol. The first-order valence-corrected chi connectivity index (χ1v) is 7.24. The standard InChI is InChI=1S/C16H21NO2/c18-16(14-4-2-1-3-5-14)8-9-17-10-11-19-12-15(17)13-6-7-13/h1-5,13,15H,6-12H2/t15-/m0/s1. The SMILES string of the molecule is O=C(CCN1CCOC[C@H]1C1CC1)c1ccccc1. The second-order valence-corrected chi connectivity index (χ2v) is 5.55. The molecule has 1 atom stereocenters. The molecule has 1 saturated heterocycles. The van der Waals surface area contributed by atoms with Crippen molar-refractivity contribution in [1.29, 1.82) is 0 Å². The van der Waals surface area contributed by atoms with Crippen LogP contribution in [0.2, 0.25) is 0 Å². The fourth-order valence-electron chi connectivity index (χ4n) is 2.86. The zero-order valence-electron chi connectivity index (χ0n) is 11.3. The van der Waals surface area contributed by atoms with Crippen molar-refractivity contribution < 1.29 is 9.53 Å². The minimum Gasteiger partial charge on any atom is -0.378 e. The molecule has 2 aliphatic rings. The zero-order valence-corrected chi connectivity index (χ0v) is 11.3. The van der Waals surface area contributed by atoms with Gasteiger partial charge < -0.3 is 4.74 Å². The first-order valence-electron chi connectivity index (χ1n) is 7.24. The Morgan fingerprint density at radius 3 is 2.79 bits per heavy atom. The summed E-state index contributed by atoms with van der Waals surface area (Å²) in [5, 5.41) is 0. The highest BCUT2D eigenvalue weighted by atomic mass is 16.5. The van der Waals surface area contributed by atoms with Crippen molar-refractivity contribution in [2.24, 2.45) is 5.92 Å². The van der Waals surface area contributed by atoms with E-state index >= 15 is 0 Å². The van der Waals surface area contributed by atoms with E-state index in [4.69, 9.17) is 4.74 Å². The van der Waals surface area contributed by atoms with Crippen molar-refractivity contribution in [2.45, 2.75) is 25.3 Å². The summed E-state index contributed by atoms with van der Waals surface area (Å²) in [6.07, 6.45) is 3.28. The molecule has 1 aromatic rings. The molecule has 3 heteroatoms. The average Bonchev–Trinajstić information content (AvgIpc) is 3.30. The van der Waals surface area contributed by atoms with E-state index in [9.17, 15) is 4.79 Å². The molecule has 0 unspecified atom stereocenters. The maximum Gasteiger partial charge on any atom is 0.164 e. The highest BCUT2D eigenvalue weighted by Crippen LogP contribution is 2.36. The molecule has 19 heavy (non-hydrogen) atoms. The fraction of sp³-hybridized carbons (Fsp3) is 0.562. The van der Waals surface area contributed by atoms with Gasteiger partial charge in [-0.25, -0.2) is 0 Å². The van der Waals surface area contributed by atoms with Gasteiger partial charge >= 0.3 is 0 Å². The minimum absolute atomic E-state index is 0.252. The van der Waals surface area contributed by atoms with Crippen molar-refractivity contribution in [2.75, 3.05) is 26.3 Å². The fourth-order valence-corrected chi connectivity index (χ4v) is 2.86. The van der Waals surface area contributed by atoms with E-state index in [1.165, 1.54) is 12.8 Å². The third kappa shape index (κ3) is 3.23. The quantitative estimate of drug-likeness (QED) is 0.760. The highest BCUT2D eigenvalue weighted by Gasteiger charge is 2.36. The average molecular weight is 259 g/mol. The van der Waals surface area contributed by atoms with Gasteiger partial charge in [-0.3, -0.25) is 9.69 Å². The van der Waals surface area contributed by atoms with Gasteiger partial charge in [0.05, 0.1) is 13.2 Å². The number of rotatable bonds is 5. The van der Waals surface area contributed by atoms with Crippen LogP contribution in [-0.2, 0) is 4.74 Å². The Morgan fingerprint density at radius 1 is 1.26 bits per heavy atom. The molecule has 0 N–H and O–H groups in total. The van der Waals surface area contributed by atoms with Crippen LogP contribution in [0.5, 0.6) is 0 Å². The highest BCUT2D eigenvalue weighted by molar-refractivity contribution is 5.96. The Balaban J connectivity index is 1.54. The maximum atomic E-state index is 12.1. The number of ether oxygens (including phenoxy) is 1. The third-order valence-electron chi connectivity index (χ3n) is 4.17. The number of hydrogen-bond donors (Lipinski definition) is 0. The lowest BCUT2D eigenvalue weighted by Crippen LogP contribution is -2.47. The number of carbonyl (C=O) groups is 1. The number of morpholine rings is 1. The van der Waals surface area contributed by atoms with Crippen LogP contribution in [0.4, 0.5) is 0 Å². The van der Waals surface area contributed by atoms with Crippen LogP contribution in [0.3, 0.4) is 0 Å². The van der Waals surface area contributed by atoms with E-state index in [1.54, 1.807) is 0 Å². The first-order chi connectivity index (χ1) is 9.34. The molecule has 3 nitrogen and oxygen atoms in total. The number of ketones is 1. The van der Waals surface area contributed by atoms with Crippen LogP contribution in [-0.4, -0.2) is 43.0 Å². The van der Waals surface area contributed by atoms with Crippen LogP contribution in [0, 0.1) is 5.92 Å². The second-order valence-electron chi connectivity index (χ2n) is 5.55. The van der Waals surface area contributed by atoms with Gasteiger partial charge in [0, 0.05) is 31.1 Å². The molecule has 0 spiro atoms. The Hall–Kier alpha value is -1.19. The first kappa shape index (κ1) is 12.8. The number of nitrogens with zero attached hydrogens (tertiary/aromatic N) is 1. The van der Waals surface area contributed by atoms with Gasteiger partial charge in [-0.05, 0) is 18.8 Å². The smallest absolute Gasteiger partial charge is 0.164 e. The van der Waals surface area contributed by atoms with Gasteiger partial charge in [0.2, 0.25) is 0 Å². The molecule has 0 radical (unpaired) electrons. The van der Waals surface area contributed by atoms with E-state index in [1.807, 2.05) is 30.3 Å². The molecule has 102 valence electrons. The Morgan fingerprint density at radius 2 is 2.05 bits per heavy atom. The molecule has 0 aromatic heterocycles. The van der Waals surface area contributed by atoms with Gasteiger partial charge in [-0.15, -0.1) is 0 Å². The largest absolute Gasteiger partial charge is 0.378 e. The Labute approximate surface area is 114 Å². The lowest BCUT2D eigenvalue weighted by molar-refractivity contribution is -0.0153. The molecule has 1 heterocycles. The second kappa shape index (κ2) is 5.85. The molecule has 3 rings (SSSR count). The van der Waals surface area contributed by atoms with E-state index in [2.05, 4.69) is 4.90 Å². The van der Waals surface area contributed by atoms with E-state index in [0.29, 0.717) is 12.5 Å². The van der Waals surface area contributed by atoms with E-state index < -0.39 is 0 Å². The normalized spacial score (nSPS) is 24.3. The third-order valence-corrected chi connectivity index (χ3v) is 4.17. The molecule has 1 aliphatic carbocycles. The van der Waals surface area contributed by atoms with Crippen LogP contribution in [0.25, 0.3) is 0 Å². The lowest BCUT2D eigenvalue weighted by atomic mass is 10.1. The summed E-state index contributed by atoms with van der Waals surface area (Å²) in [6, 6.07) is 10.2. The summed E-state index contributed by atoms with van der Waals surface area (Å²) >= 11 is 0. The molecule has 1 aliphatic heterocycles. The van der Waals surface area contributed by atoms with Gasteiger partial charge in [-0.1, -0.05) is 30.3 Å². The van der Waals surface area contributed by atoms with Crippen molar-refractivity contribution in [3.63, 3.8) is 0 Å². The molecule has 2 fully saturated rings. The lowest BCUT2D eigenvalue weighted by Gasteiger charge is -2.35. The van der Waals surface area contributed by atoms with Crippen LogP contribution >= 0.6 is 0 Å². The van der Waals surface area contributed by atoms with E-state index in [-0.39, 0.29) is 5.78 Å². The Bertz CT molecular complexity index is 428. The van der Waals surface area contributed by atoms with Crippen LogP contribution in [0.15, 0.2) is 30.3 Å². The molecule has 0 bridgehead atoms. The maximum absolute atomic E-state index is 12.1. The molecular formula is C16H21NO2. The molecule has 1 aromatic carbocycles. The number of hydrogen-bond acceptors (Lipinski definition) is 3. The topological polar surface area (TPSA) is 29.5 Å². The number of Topliss-reactive ketones (excluding diaryl/α,β-unsaturated/α-hetero) is 1. The molecular weight excluding hydrogens is 238 g/mol. The van der Waals surface area contributed by atoms with Crippen molar-refractivity contribution >= 4 is 5.78 Å². The van der Waals surface area contributed by atoms with Gasteiger partial charge in [0.1, 0.15) is 0 Å². The van der Waals surface area contributed by atoms with Crippen molar-refractivity contribution in [1.82, 2.24) is 4.90 Å². The Kier molecular flexibility index (Phi) is 3.95. The van der Waals surface area contributed by atoms with Crippen LogP contribution < -0.4 is 0 Å². The van der Waals surface area contributed by atoms with Gasteiger partial charge in [-0.2, -0.15) is 0 Å². The number of carbonyl (C=O) groups excluding carboxylic acids is 1. The summed E-state index contributed by atoms with van der Waals surface area (Å²) in [5.74, 6) is 1.06. The van der Waals surface area contributed by atoms with Crippen molar-refractivity contribution in [3.05, 3.63) is 35.9 Å². The molecule has 1 saturated carbocycles. The van der Waals surface area contributed by atoms with Gasteiger partial charge in [0.15, 0.2) is 5.78 Å². The summed E-state index contributed by atoms with van der Waals surface area (Å²) in [5.41, 5.74) is 0.832. The van der Waals surface area contributed by atoms with Crippen molar-refractivity contribution in [3.8, 4) is 0 Å².